The van der Waals surface area contributed by atoms with E-state index in [4.69, 9.17) is 5.73 Å². The van der Waals surface area contributed by atoms with Gasteiger partial charge in [0.05, 0.1) is 12.5 Å². The van der Waals surface area contributed by atoms with Crippen molar-refractivity contribution >= 4 is 5.91 Å². The first kappa shape index (κ1) is 32.5. The fourth-order valence-corrected chi connectivity index (χ4v) is 6.71. The normalized spacial score (nSPS) is 22.0. The van der Waals surface area contributed by atoms with Crippen LogP contribution in [0.15, 0.2) is 30.3 Å². The summed E-state index contributed by atoms with van der Waals surface area (Å²) < 4.78 is 28.7. The highest BCUT2D eigenvalue weighted by Crippen LogP contribution is 2.40. The van der Waals surface area contributed by atoms with Crippen molar-refractivity contribution in [3.05, 3.63) is 69.8 Å². The molecule has 0 aromatic heterocycles. The van der Waals surface area contributed by atoms with Gasteiger partial charge in [0.2, 0.25) is 5.91 Å². The Morgan fingerprint density at radius 3 is 2.33 bits per heavy atom. The molecule has 1 unspecified atom stereocenters. The lowest BCUT2D eigenvalue weighted by Gasteiger charge is -2.36. The maximum absolute atomic E-state index is 14.9. The standard InChI is InChI=1S/C34H50F2N4O2/c1-7-32(38-17-25(37)20-41)28-15-22(3)21(2)14-27(28)23-10-12-39(13-11-23)33(42)30-19-40(34(4,5)6)18-29(30)26-9-8-24(35)16-31(26)36/h8-9,14-16,23,25,29-30,32,38,41H,7,10-13,17-20,37H2,1-6H3/t25?,29-,30+,32-/m0/s1. The van der Waals surface area contributed by atoms with Crippen LogP contribution in [0, 0.1) is 31.4 Å². The highest BCUT2D eigenvalue weighted by Gasteiger charge is 2.44. The third-order valence-electron chi connectivity index (χ3n) is 9.54. The van der Waals surface area contributed by atoms with Crippen LogP contribution < -0.4 is 11.1 Å². The van der Waals surface area contributed by atoms with Gasteiger partial charge in [-0.25, -0.2) is 8.78 Å². The summed E-state index contributed by atoms with van der Waals surface area (Å²) in [4.78, 5) is 18.3. The zero-order valence-corrected chi connectivity index (χ0v) is 26.2. The zero-order chi connectivity index (χ0) is 30.8. The summed E-state index contributed by atoms with van der Waals surface area (Å²) >= 11 is 0. The van der Waals surface area contributed by atoms with Gasteiger partial charge >= 0.3 is 0 Å². The summed E-state index contributed by atoms with van der Waals surface area (Å²) in [7, 11) is 0. The molecule has 1 amide bonds. The Bertz CT molecular complexity index is 1240. The van der Waals surface area contributed by atoms with Crippen LogP contribution in [-0.2, 0) is 4.79 Å². The van der Waals surface area contributed by atoms with Crippen LogP contribution in [0.1, 0.15) is 92.7 Å². The number of amides is 1. The van der Waals surface area contributed by atoms with E-state index in [1.54, 1.807) is 0 Å². The van der Waals surface area contributed by atoms with Crippen LogP contribution in [0.3, 0.4) is 0 Å². The monoisotopic (exact) mass is 584 g/mol. The number of carbonyl (C=O) groups is 1. The maximum atomic E-state index is 14.9. The van der Waals surface area contributed by atoms with Crippen molar-refractivity contribution in [2.24, 2.45) is 11.7 Å². The van der Waals surface area contributed by atoms with Gasteiger partial charge in [-0.15, -0.1) is 0 Å². The molecule has 8 heteroatoms. The van der Waals surface area contributed by atoms with Gasteiger partial charge in [-0.3, -0.25) is 9.69 Å². The lowest BCUT2D eigenvalue weighted by molar-refractivity contribution is -0.136. The van der Waals surface area contributed by atoms with Crippen molar-refractivity contribution in [3.8, 4) is 0 Å². The molecule has 2 saturated heterocycles. The van der Waals surface area contributed by atoms with Gasteiger partial charge in [-0.1, -0.05) is 25.1 Å². The number of nitrogens with zero attached hydrogens (tertiary/aromatic N) is 2. The average molecular weight is 585 g/mol. The maximum Gasteiger partial charge on any atom is 0.227 e. The van der Waals surface area contributed by atoms with E-state index in [0.29, 0.717) is 44.2 Å². The number of nitrogens with one attached hydrogen (secondary N) is 1. The van der Waals surface area contributed by atoms with Gasteiger partial charge in [0.1, 0.15) is 11.6 Å². The number of piperidine rings is 1. The minimum Gasteiger partial charge on any atom is -0.395 e. The number of hydrogen-bond donors (Lipinski definition) is 3. The molecule has 232 valence electrons. The minimum atomic E-state index is -0.602. The Labute approximate surface area is 250 Å². The number of hydrogen-bond acceptors (Lipinski definition) is 5. The number of likely N-dealkylation sites (tertiary alicyclic amines) is 2. The van der Waals surface area contributed by atoms with Crippen molar-refractivity contribution in [1.29, 1.82) is 0 Å². The molecule has 2 aromatic rings. The number of aliphatic hydroxyl groups is 1. The molecule has 0 bridgehead atoms. The first-order valence-electron chi connectivity index (χ1n) is 15.5. The third-order valence-corrected chi connectivity index (χ3v) is 9.54. The van der Waals surface area contributed by atoms with Gasteiger partial charge < -0.3 is 21.1 Å². The molecule has 0 spiro atoms. The smallest absolute Gasteiger partial charge is 0.227 e. The molecule has 2 aliphatic rings. The highest BCUT2D eigenvalue weighted by molar-refractivity contribution is 5.81. The molecule has 4 atom stereocenters. The lowest BCUT2D eigenvalue weighted by Crippen LogP contribution is -2.44. The predicted molar refractivity (Wildman–Crippen MR) is 164 cm³/mol. The van der Waals surface area contributed by atoms with Gasteiger partial charge in [0, 0.05) is 62.3 Å². The van der Waals surface area contributed by atoms with Crippen LogP contribution in [-0.4, -0.2) is 71.7 Å². The Kier molecular flexibility index (Phi) is 10.5. The Morgan fingerprint density at radius 2 is 1.74 bits per heavy atom. The van der Waals surface area contributed by atoms with Crippen molar-refractivity contribution < 1.29 is 18.7 Å². The van der Waals surface area contributed by atoms with E-state index in [-0.39, 0.29) is 42.0 Å². The summed E-state index contributed by atoms with van der Waals surface area (Å²) in [5, 5.41) is 13.0. The largest absolute Gasteiger partial charge is 0.395 e. The van der Waals surface area contributed by atoms with Crippen LogP contribution in [0.2, 0.25) is 0 Å². The number of carbonyl (C=O) groups excluding carboxylic acids is 1. The molecule has 0 aliphatic carbocycles. The van der Waals surface area contributed by atoms with Crippen molar-refractivity contribution in [2.75, 3.05) is 39.3 Å². The Hall–Kier alpha value is -2.39. The molecule has 2 heterocycles. The second kappa shape index (κ2) is 13.5. The molecule has 4 rings (SSSR count). The van der Waals surface area contributed by atoms with Crippen LogP contribution in [0.4, 0.5) is 8.78 Å². The second-order valence-corrected chi connectivity index (χ2v) is 13.4. The second-order valence-electron chi connectivity index (χ2n) is 13.4. The average Bonchev–Trinajstić information content (AvgIpc) is 3.40. The van der Waals surface area contributed by atoms with E-state index in [1.807, 2.05) is 4.90 Å². The molecule has 2 aliphatic heterocycles. The summed E-state index contributed by atoms with van der Waals surface area (Å²) in [6.45, 7) is 15.7. The Morgan fingerprint density at radius 1 is 1.07 bits per heavy atom. The number of benzene rings is 2. The molecular weight excluding hydrogens is 534 g/mol. The number of rotatable bonds is 9. The first-order chi connectivity index (χ1) is 19.8. The molecule has 4 N–H and O–H groups in total. The van der Waals surface area contributed by atoms with E-state index in [2.05, 4.69) is 63.9 Å². The van der Waals surface area contributed by atoms with Gasteiger partial charge in [-0.05, 0) is 93.7 Å². The number of halogens is 2. The summed E-state index contributed by atoms with van der Waals surface area (Å²) in [5.41, 5.74) is 11.4. The molecule has 2 fully saturated rings. The fourth-order valence-electron chi connectivity index (χ4n) is 6.71. The first-order valence-corrected chi connectivity index (χ1v) is 15.5. The van der Waals surface area contributed by atoms with Crippen molar-refractivity contribution in [3.63, 3.8) is 0 Å². The van der Waals surface area contributed by atoms with Crippen LogP contribution in [0.25, 0.3) is 0 Å². The summed E-state index contributed by atoms with van der Waals surface area (Å²) in [6.07, 6.45) is 2.62. The molecular formula is C34H50F2N4O2. The molecule has 0 saturated carbocycles. The topological polar surface area (TPSA) is 81.8 Å². The van der Waals surface area contributed by atoms with E-state index in [0.717, 1.165) is 25.3 Å². The van der Waals surface area contributed by atoms with E-state index >= 15 is 0 Å². The van der Waals surface area contributed by atoms with E-state index in [9.17, 15) is 18.7 Å². The number of aliphatic hydroxyl groups excluding tert-OH is 1. The van der Waals surface area contributed by atoms with Crippen LogP contribution >= 0.6 is 0 Å². The van der Waals surface area contributed by atoms with Gasteiger partial charge in [-0.2, -0.15) is 0 Å². The quantitative estimate of drug-likeness (QED) is 0.379. The van der Waals surface area contributed by atoms with E-state index < -0.39 is 11.6 Å². The fraction of sp³-hybridized carbons (Fsp3) is 0.618. The van der Waals surface area contributed by atoms with E-state index in [1.165, 1.54) is 34.4 Å². The number of aryl methyl sites for hydroxylation is 2. The lowest BCUT2D eigenvalue weighted by atomic mass is 9.81. The Balaban J connectivity index is 1.52. The number of nitrogens with two attached hydrogens (primary N) is 1. The SMILES string of the molecule is CC[C@H](NCC(N)CO)c1cc(C)c(C)cc1C1CCN(C(=O)[C@@H]2CN(C(C)(C)C)C[C@H]2c2ccc(F)cc2F)CC1. The zero-order valence-electron chi connectivity index (χ0n) is 26.2. The third kappa shape index (κ3) is 7.21. The summed E-state index contributed by atoms with van der Waals surface area (Å²) in [5.74, 6) is -1.47. The van der Waals surface area contributed by atoms with Crippen molar-refractivity contribution in [1.82, 2.24) is 15.1 Å². The van der Waals surface area contributed by atoms with Gasteiger partial charge in [0.25, 0.3) is 0 Å². The molecule has 42 heavy (non-hydrogen) atoms. The molecule has 2 aromatic carbocycles. The highest BCUT2D eigenvalue weighted by atomic mass is 19.1. The van der Waals surface area contributed by atoms with Crippen molar-refractivity contribution in [2.45, 2.75) is 90.3 Å². The minimum absolute atomic E-state index is 0.0567. The van der Waals surface area contributed by atoms with Gasteiger partial charge in [0.15, 0.2) is 0 Å². The summed E-state index contributed by atoms with van der Waals surface area (Å²) in [6, 6.07) is 8.16. The van der Waals surface area contributed by atoms with Crippen LogP contribution in [0.5, 0.6) is 0 Å². The predicted octanol–water partition coefficient (Wildman–Crippen LogP) is 5.16. The molecule has 6 nitrogen and oxygen atoms in total. The molecule has 0 radical (unpaired) electrons.